The Balaban J connectivity index is 1.90. The van der Waals surface area contributed by atoms with E-state index in [0.29, 0.717) is 29.3 Å². The highest BCUT2D eigenvalue weighted by molar-refractivity contribution is 7.89. The Hall–Kier alpha value is -2.48. The Labute approximate surface area is 169 Å². The van der Waals surface area contributed by atoms with E-state index in [0.717, 1.165) is 5.39 Å². The van der Waals surface area contributed by atoms with E-state index in [-0.39, 0.29) is 10.5 Å². The molecule has 0 fully saturated rings. The maximum absolute atomic E-state index is 12.7. The molecule has 3 rings (SSSR count). The van der Waals surface area contributed by atoms with Gasteiger partial charge in [0, 0.05) is 30.4 Å². The molecule has 0 radical (unpaired) electrons. The third kappa shape index (κ3) is 4.01. The Morgan fingerprint density at radius 2 is 1.86 bits per heavy atom. The number of nitrogens with one attached hydrogen (secondary N) is 1. The van der Waals surface area contributed by atoms with Gasteiger partial charge in [0.05, 0.1) is 21.0 Å². The molecule has 0 saturated heterocycles. The van der Waals surface area contributed by atoms with E-state index in [9.17, 15) is 13.2 Å². The highest BCUT2D eigenvalue weighted by Crippen LogP contribution is 2.25. The number of hydrogen-bond acceptors (Lipinski definition) is 4. The van der Waals surface area contributed by atoms with Crippen LogP contribution in [0.15, 0.2) is 59.6 Å². The molecule has 0 bridgehead atoms. The average Bonchev–Trinajstić information content (AvgIpc) is 2.68. The molecule has 8 heteroatoms. The lowest BCUT2D eigenvalue weighted by Gasteiger charge is -2.19. The van der Waals surface area contributed by atoms with Crippen LogP contribution in [0.1, 0.15) is 24.2 Å². The quantitative estimate of drug-likeness (QED) is 0.652. The van der Waals surface area contributed by atoms with Crippen molar-refractivity contribution in [1.29, 1.82) is 0 Å². The second kappa shape index (κ2) is 8.26. The lowest BCUT2D eigenvalue weighted by molar-refractivity contribution is 0.102. The third-order valence-electron chi connectivity index (χ3n) is 4.37. The smallest absolute Gasteiger partial charge is 0.257 e. The summed E-state index contributed by atoms with van der Waals surface area (Å²) in [6.07, 6.45) is 1.64. The number of halogens is 1. The van der Waals surface area contributed by atoms with Gasteiger partial charge in [0.2, 0.25) is 10.0 Å². The first kappa shape index (κ1) is 20.3. The lowest BCUT2D eigenvalue weighted by Crippen LogP contribution is -2.30. The number of benzene rings is 2. The van der Waals surface area contributed by atoms with Gasteiger partial charge in [-0.15, -0.1) is 0 Å². The second-order valence-corrected chi connectivity index (χ2v) is 8.44. The van der Waals surface area contributed by atoms with Crippen LogP contribution in [0.5, 0.6) is 0 Å². The molecule has 6 nitrogen and oxygen atoms in total. The first-order chi connectivity index (χ1) is 13.4. The van der Waals surface area contributed by atoms with E-state index in [2.05, 4.69) is 10.3 Å². The molecule has 0 aliphatic carbocycles. The molecular weight excluding hydrogens is 398 g/mol. The zero-order valence-corrected chi connectivity index (χ0v) is 17.1. The van der Waals surface area contributed by atoms with Crippen LogP contribution in [-0.2, 0) is 10.0 Å². The predicted octanol–water partition coefficient (Wildman–Crippen LogP) is 4.17. The summed E-state index contributed by atoms with van der Waals surface area (Å²) < 4.78 is 26.7. The van der Waals surface area contributed by atoms with Gasteiger partial charge in [-0.05, 0) is 36.4 Å². The van der Waals surface area contributed by atoms with Gasteiger partial charge in [-0.1, -0.05) is 37.6 Å². The molecule has 0 spiro atoms. The van der Waals surface area contributed by atoms with Crippen molar-refractivity contribution >= 4 is 44.1 Å². The van der Waals surface area contributed by atoms with Crippen LogP contribution in [-0.4, -0.2) is 36.7 Å². The zero-order valence-electron chi connectivity index (χ0n) is 15.5. The fraction of sp³-hybridized carbons (Fsp3) is 0.200. The molecule has 1 aromatic heterocycles. The van der Waals surface area contributed by atoms with Crippen molar-refractivity contribution < 1.29 is 13.2 Å². The van der Waals surface area contributed by atoms with Gasteiger partial charge < -0.3 is 5.32 Å². The van der Waals surface area contributed by atoms with Crippen LogP contribution in [0, 0.1) is 0 Å². The standard InChI is InChI=1S/C20H20ClN3O3S/c1-3-24(4-2)28(26,27)16-9-5-8-15(12-16)23-20(25)17-13-19-14(11-18(17)21)7-6-10-22-19/h5-13H,3-4H2,1-2H3,(H,23,25). The number of rotatable bonds is 6. The van der Waals surface area contributed by atoms with Crippen LogP contribution in [0.4, 0.5) is 5.69 Å². The van der Waals surface area contributed by atoms with Gasteiger partial charge >= 0.3 is 0 Å². The molecule has 0 aliphatic heterocycles. The number of nitrogens with zero attached hydrogens (tertiary/aromatic N) is 2. The maximum atomic E-state index is 12.7. The number of anilines is 1. The SMILES string of the molecule is CCN(CC)S(=O)(=O)c1cccc(NC(=O)c2cc3ncccc3cc2Cl)c1. The van der Waals surface area contributed by atoms with Crippen molar-refractivity contribution in [1.82, 2.24) is 9.29 Å². The average molecular weight is 418 g/mol. The molecule has 0 saturated carbocycles. The number of sulfonamides is 1. The Bertz CT molecular complexity index is 1130. The molecule has 1 heterocycles. The number of amides is 1. The van der Waals surface area contributed by atoms with E-state index in [1.165, 1.54) is 16.4 Å². The first-order valence-corrected chi connectivity index (χ1v) is 10.6. The van der Waals surface area contributed by atoms with Crippen molar-refractivity contribution in [2.75, 3.05) is 18.4 Å². The number of pyridine rings is 1. The number of fused-ring (bicyclic) bond motifs is 1. The van der Waals surface area contributed by atoms with Crippen LogP contribution >= 0.6 is 11.6 Å². The first-order valence-electron chi connectivity index (χ1n) is 8.82. The van der Waals surface area contributed by atoms with Crippen LogP contribution in [0.3, 0.4) is 0 Å². The van der Waals surface area contributed by atoms with Crippen molar-refractivity contribution in [2.45, 2.75) is 18.7 Å². The Morgan fingerprint density at radius 1 is 1.11 bits per heavy atom. The molecule has 1 N–H and O–H groups in total. The number of carbonyl (C=O) groups is 1. The van der Waals surface area contributed by atoms with E-state index < -0.39 is 15.9 Å². The minimum Gasteiger partial charge on any atom is -0.322 e. The summed E-state index contributed by atoms with van der Waals surface area (Å²) in [7, 11) is -3.62. The third-order valence-corrected chi connectivity index (χ3v) is 6.73. The molecule has 0 aliphatic rings. The summed E-state index contributed by atoms with van der Waals surface area (Å²) in [4.78, 5) is 17.1. The van der Waals surface area contributed by atoms with Gasteiger partial charge in [-0.25, -0.2) is 8.42 Å². The zero-order chi connectivity index (χ0) is 20.3. The minimum atomic E-state index is -3.62. The van der Waals surface area contributed by atoms with Crippen molar-refractivity contribution in [3.05, 3.63) is 65.3 Å². The summed E-state index contributed by atoms with van der Waals surface area (Å²) in [5, 5.41) is 3.84. The van der Waals surface area contributed by atoms with Crippen LogP contribution in [0.2, 0.25) is 5.02 Å². The van der Waals surface area contributed by atoms with E-state index in [1.807, 2.05) is 6.07 Å². The molecule has 3 aromatic rings. The van der Waals surface area contributed by atoms with Gasteiger partial charge in [0.15, 0.2) is 0 Å². The highest BCUT2D eigenvalue weighted by atomic mass is 35.5. The normalized spacial score (nSPS) is 11.7. The topological polar surface area (TPSA) is 79.4 Å². The summed E-state index contributed by atoms with van der Waals surface area (Å²) in [5.41, 5.74) is 1.29. The lowest BCUT2D eigenvalue weighted by atomic mass is 10.1. The Morgan fingerprint density at radius 3 is 2.57 bits per heavy atom. The molecule has 0 unspecified atom stereocenters. The molecule has 2 aromatic carbocycles. The monoisotopic (exact) mass is 417 g/mol. The van der Waals surface area contributed by atoms with Crippen molar-refractivity contribution in [2.24, 2.45) is 0 Å². The number of aromatic nitrogens is 1. The molecule has 1 amide bonds. The minimum absolute atomic E-state index is 0.125. The van der Waals surface area contributed by atoms with E-state index in [4.69, 9.17) is 11.6 Å². The summed E-state index contributed by atoms with van der Waals surface area (Å²) in [6, 6.07) is 13.1. The van der Waals surface area contributed by atoms with Gasteiger partial charge in [0.1, 0.15) is 0 Å². The summed E-state index contributed by atoms with van der Waals surface area (Å²) in [5.74, 6) is -0.435. The molecular formula is C20H20ClN3O3S. The van der Waals surface area contributed by atoms with Crippen LogP contribution in [0.25, 0.3) is 10.9 Å². The predicted molar refractivity (Wildman–Crippen MR) is 111 cm³/mol. The second-order valence-electron chi connectivity index (χ2n) is 6.10. The molecule has 146 valence electrons. The summed E-state index contributed by atoms with van der Waals surface area (Å²) >= 11 is 6.26. The van der Waals surface area contributed by atoms with Gasteiger partial charge in [0.25, 0.3) is 5.91 Å². The van der Waals surface area contributed by atoms with Gasteiger partial charge in [-0.3, -0.25) is 9.78 Å². The van der Waals surface area contributed by atoms with E-state index in [1.54, 1.807) is 50.4 Å². The maximum Gasteiger partial charge on any atom is 0.257 e. The number of hydrogen-bond donors (Lipinski definition) is 1. The van der Waals surface area contributed by atoms with Gasteiger partial charge in [-0.2, -0.15) is 4.31 Å². The largest absolute Gasteiger partial charge is 0.322 e. The van der Waals surface area contributed by atoms with Crippen molar-refractivity contribution in [3.8, 4) is 0 Å². The fourth-order valence-corrected chi connectivity index (χ4v) is 4.67. The Kier molecular flexibility index (Phi) is 5.98. The van der Waals surface area contributed by atoms with Crippen molar-refractivity contribution in [3.63, 3.8) is 0 Å². The highest BCUT2D eigenvalue weighted by Gasteiger charge is 2.22. The number of carbonyl (C=O) groups excluding carboxylic acids is 1. The fourth-order valence-electron chi connectivity index (χ4n) is 2.91. The molecule has 28 heavy (non-hydrogen) atoms. The van der Waals surface area contributed by atoms with E-state index >= 15 is 0 Å². The summed E-state index contributed by atoms with van der Waals surface area (Å²) in [6.45, 7) is 4.30. The molecule has 0 atom stereocenters. The van der Waals surface area contributed by atoms with Crippen LogP contribution < -0.4 is 5.32 Å².